The molecule has 1 saturated heterocycles. The van der Waals surface area contributed by atoms with Crippen LogP contribution in [0.1, 0.15) is 59.3 Å². The van der Waals surface area contributed by atoms with E-state index in [1.54, 1.807) is 0 Å². The lowest BCUT2D eigenvalue weighted by Crippen LogP contribution is -2.40. The summed E-state index contributed by atoms with van der Waals surface area (Å²) in [6, 6.07) is 0. The second kappa shape index (κ2) is 8.28. The number of hydrogen-bond donors (Lipinski definition) is 1. The van der Waals surface area contributed by atoms with Gasteiger partial charge < -0.3 is 10.0 Å². The summed E-state index contributed by atoms with van der Waals surface area (Å²) in [6.07, 6.45) is 4.69. The van der Waals surface area contributed by atoms with E-state index in [1.165, 1.54) is 0 Å². The fraction of sp³-hybridized carbons (Fsp3) is 0.875. The third-order valence-corrected chi connectivity index (χ3v) is 4.04. The van der Waals surface area contributed by atoms with Crippen molar-refractivity contribution >= 4 is 11.9 Å². The summed E-state index contributed by atoms with van der Waals surface area (Å²) in [4.78, 5) is 24.9. The minimum Gasteiger partial charge on any atom is -0.481 e. The summed E-state index contributed by atoms with van der Waals surface area (Å²) in [5.74, 6) is 0.936. The third-order valence-electron chi connectivity index (χ3n) is 4.04. The molecule has 4 nitrogen and oxygen atoms in total. The Balaban J connectivity index is 2.37. The molecule has 0 radical (unpaired) electrons. The van der Waals surface area contributed by atoms with E-state index in [1.807, 2.05) is 4.90 Å². The smallest absolute Gasteiger partial charge is 0.303 e. The van der Waals surface area contributed by atoms with Crippen LogP contribution < -0.4 is 0 Å². The van der Waals surface area contributed by atoms with E-state index >= 15 is 0 Å². The molecule has 2 atom stereocenters. The van der Waals surface area contributed by atoms with Crippen molar-refractivity contribution in [2.24, 2.45) is 17.8 Å². The van der Waals surface area contributed by atoms with E-state index in [2.05, 4.69) is 20.8 Å². The molecule has 20 heavy (non-hydrogen) atoms. The summed E-state index contributed by atoms with van der Waals surface area (Å²) < 4.78 is 0. The van der Waals surface area contributed by atoms with Gasteiger partial charge in [-0.05, 0) is 43.4 Å². The Morgan fingerprint density at radius 2 is 2.00 bits per heavy atom. The number of carboxylic acid groups (broad SMARTS) is 1. The third kappa shape index (κ3) is 6.40. The Labute approximate surface area is 122 Å². The largest absolute Gasteiger partial charge is 0.481 e. The Morgan fingerprint density at radius 1 is 1.30 bits per heavy atom. The lowest BCUT2D eigenvalue weighted by molar-refractivity contribution is -0.137. The molecule has 0 bridgehead atoms. The van der Waals surface area contributed by atoms with Crippen LogP contribution in [0.15, 0.2) is 0 Å². The standard InChI is InChI=1S/C16H29NO3/c1-12(2)9-13(3)10-15(18)17-8-4-5-14(11-17)6-7-16(19)20/h12-14H,4-11H2,1-3H3,(H,19,20). The van der Waals surface area contributed by atoms with Crippen molar-refractivity contribution in [1.82, 2.24) is 4.90 Å². The second-order valence-electron chi connectivity index (χ2n) is 6.72. The lowest BCUT2D eigenvalue weighted by atomic mass is 9.91. The van der Waals surface area contributed by atoms with E-state index < -0.39 is 5.97 Å². The van der Waals surface area contributed by atoms with Gasteiger partial charge in [-0.2, -0.15) is 0 Å². The molecule has 4 heteroatoms. The molecule has 0 aromatic rings. The highest BCUT2D eigenvalue weighted by molar-refractivity contribution is 5.76. The fourth-order valence-electron chi connectivity index (χ4n) is 3.17. The predicted molar refractivity (Wildman–Crippen MR) is 79.4 cm³/mol. The number of nitrogens with zero attached hydrogens (tertiary/aromatic N) is 1. The minimum atomic E-state index is -0.737. The molecule has 1 rings (SSSR count). The number of amides is 1. The molecule has 1 heterocycles. The molecule has 2 unspecified atom stereocenters. The van der Waals surface area contributed by atoms with E-state index in [0.717, 1.165) is 32.4 Å². The Hall–Kier alpha value is -1.06. The molecule has 116 valence electrons. The number of rotatable bonds is 7. The van der Waals surface area contributed by atoms with Crippen LogP contribution in [0.5, 0.6) is 0 Å². The van der Waals surface area contributed by atoms with Crippen molar-refractivity contribution in [2.75, 3.05) is 13.1 Å². The molecule has 1 amide bonds. The molecule has 0 aliphatic carbocycles. The summed E-state index contributed by atoms with van der Waals surface area (Å²) in [6.45, 7) is 8.11. The Bertz CT molecular complexity index is 328. The van der Waals surface area contributed by atoms with Crippen LogP contribution in [0.2, 0.25) is 0 Å². The molecular formula is C16H29NO3. The van der Waals surface area contributed by atoms with E-state index in [4.69, 9.17) is 5.11 Å². The van der Waals surface area contributed by atoms with Crippen molar-refractivity contribution in [2.45, 2.75) is 59.3 Å². The molecule has 0 saturated carbocycles. The summed E-state index contributed by atoms with van der Waals surface area (Å²) >= 11 is 0. The normalized spacial score (nSPS) is 21.0. The lowest BCUT2D eigenvalue weighted by Gasteiger charge is -2.33. The van der Waals surface area contributed by atoms with Crippen LogP contribution in [-0.2, 0) is 9.59 Å². The van der Waals surface area contributed by atoms with Gasteiger partial charge in [0.05, 0.1) is 0 Å². The first-order chi connectivity index (χ1) is 9.38. The van der Waals surface area contributed by atoms with E-state index in [-0.39, 0.29) is 12.3 Å². The van der Waals surface area contributed by atoms with Gasteiger partial charge >= 0.3 is 5.97 Å². The number of hydrogen-bond acceptors (Lipinski definition) is 2. The van der Waals surface area contributed by atoms with Gasteiger partial charge in [-0.25, -0.2) is 0 Å². The zero-order valence-corrected chi connectivity index (χ0v) is 13.1. The zero-order chi connectivity index (χ0) is 15.1. The summed E-state index contributed by atoms with van der Waals surface area (Å²) in [5, 5.41) is 8.74. The molecule has 1 aliphatic heterocycles. The molecule has 0 spiro atoms. The minimum absolute atomic E-state index is 0.219. The highest BCUT2D eigenvalue weighted by atomic mass is 16.4. The van der Waals surface area contributed by atoms with Gasteiger partial charge in [-0.1, -0.05) is 20.8 Å². The van der Waals surface area contributed by atoms with Gasteiger partial charge in [-0.3, -0.25) is 9.59 Å². The number of carboxylic acids is 1. The van der Waals surface area contributed by atoms with Crippen LogP contribution in [0.3, 0.4) is 0 Å². The van der Waals surface area contributed by atoms with E-state index in [9.17, 15) is 9.59 Å². The van der Waals surface area contributed by atoms with Gasteiger partial charge in [0, 0.05) is 25.9 Å². The van der Waals surface area contributed by atoms with Crippen molar-refractivity contribution < 1.29 is 14.7 Å². The summed E-state index contributed by atoms with van der Waals surface area (Å²) in [5.41, 5.74) is 0. The Morgan fingerprint density at radius 3 is 2.60 bits per heavy atom. The maximum atomic E-state index is 12.3. The average Bonchev–Trinajstić information content (AvgIpc) is 2.35. The first-order valence-electron chi connectivity index (χ1n) is 7.88. The predicted octanol–water partition coefficient (Wildman–Crippen LogP) is 3.16. The van der Waals surface area contributed by atoms with Gasteiger partial charge in [0.1, 0.15) is 0 Å². The highest BCUT2D eigenvalue weighted by Crippen LogP contribution is 2.23. The van der Waals surface area contributed by atoms with Crippen molar-refractivity contribution in [3.63, 3.8) is 0 Å². The van der Waals surface area contributed by atoms with E-state index in [0.29, 0.717) is 30.6 Å². The molecule has 1 aliphatic rings. The zero-order valence-electron chi connectivity index (χ0n) is 13.1. The first kappa shape index (κ1) is 17.0. The topological polar surface area (TPSA) is 57.6 Å². The molecule has 1 N–H and O–H groups in total. The van der Waals surface area contributed by atoms with Gasteiger partial charge in [0.15, 0.2) is 0 Å². The fourth-order valence-corrected chi connectivity index (χ4v) is 3.17. The van der Waals surface area contributed by atoms with Crippen molar-refractivity contribution in [3.05, 3.63) is 0 Å². The number of carbonyl (C=O) groups is 2. The molecule has 0 aromatic heterocycles. The van der Waals surface area contributed by atoms with Crippen LogP contribution in [0.4, 0.5) is 0 Å². The number of likely N-dealkylation sites (tertiary alicyclic amines) is 1. The monoisotopic (exact) mass is 283 g/mol. The number of aliphatic carboxylic acids is 1. The van der Waals surface area contributed by atoms with Crippen molar-refractivity contribution in [1.29, 1.82) is 0 Å². The number of piperidine rings is 1. The van der Waals surface area contributed by atoms with Crippen LogP contribution >= 0.6 is 0 Å². The maximum absolute atomic E-state index is 12.3. The Kier molecular flexibility index (Phi) is 7.03. The SMILES string of the molecule is CC(C)CC(C)CC(=O)N1CCCC(CCC(=O)O)C1. The van der Waals surface area contributed by atoms with Gasteiger partial charge in [-0.15, -0.1) is 0 Å². The van der Waals surface area contributed by atoms with Crippen LogP contribution in [-0.4, -0.2) is 35.0 Å². The van der Waals surface area contributed by atoms with Crippen LogP contribution in [0, 0.1) is 17.8 Å². The second-order valence-corrected chi connectivity index (χ2v) is 6.72. The molecular weight excluding hydrogens is 254 g/mol. The van der Waals surface area contributed by atoms with Crippen LogP contribution in [0.25, 0.3) is 0 Å². The van der Waals surface area contributed by atoms with Gasteiger partial charge in [0.25, 0.3) is 0 Å². The first-order valence-corrected chi connectivity index (χ1v) is 7.88. The number of carbonyl (C=O) groups excluding carboxylic acids is 1. The van der Waals surface area contributed by atoms with Gasteiger partial charge in [0.2, 0.25) is 5.91 Å². The quantitative estimate of drug-likeness (QED) is 0.780. The molecule has 1 fully saturated rings. The summed E-state index contributed by atoms with van der Waals surface area (Å²) in [7, 11) is 0. The average molecular weight is 283 g/mol. The maximum Gasteiger partial charge on any atom is 0.303 e. The molecule has 0 aromatic carbocycles. The van der Waals surface area contributed by atoms with Crippen molar-refractivity contribution in [3.8, 4) is 0 Å². The highest BCUT2D eigenvalue weighted by Gasteiger charge is 2.24.